The monoisotopic (exact) mass is 267 g/mol. The molecule has 2 unspecified atom stereocenters. The first-order valence-corrected chi connectivity index (χ1v) is 7.27. The SMILES string of the molecule is CCc1cc(OC2CCCCC2CN)ccc1Cl. The van der Waals surface area contributed by atoms with Gasteiger partial charge in [0.25, 0.3) is 0 Å². The minimum Gasteiger partial charge on any atom is -0.490 e. The van der Waals surface area contributed by atoms with Crippen molar-refractivity contribution in [1.29, 1.82) is 0 Å². The number of aryl methyl sites for hydroxylation is 1. The van der Waals surface area contributed by atoms with E-state index in [1.54, 1.807) is 0 Å². The number of hydrogen-bond acceptors (Lipinski definition) is 2. The van der Waals surface area contributed by atoms with Crippen molar-refractivity contribution in [2.24, 2.45) is 11.7 Å². The van der Waals surface area contributed by atoms with Gasteiger partial charge in [-0.15, -0.1) is 0 Å². The topological polar surface area (TPSA) is 35.2 Å². The summed E-state index contributed by atoms with van der Waals surface area (Å²) >= 11 is 6.12. The van der Waals surface area contributed by atoms with Gasteiger partial charge in [-0.25, -0.2) is 0 Å². The van der Waals surface area contributed by atoms with E-state index in [2.05, 4.69) is 13.0 Å². The first-order valence-electron chi connectivity index (χ1n) is 6.89. The Morgan fingerprint density at radius 3 is 2.83 bits per heavy atom. The molecule has 0 bridgehead atoms. The number of ether oxygens (including phenoxy) is 1. The minimum atomic E-state index is 0.273. The number of halogens is 1. The van der Waals surface area contributed by atoms with Crippen molar-refractivity contribution in [2.45, 2.75) is 45.1 Å². The summed E-state index contributed by atoms with van der Waals surface area (Å²) in [4.78, 5) is 0. The van der Waals surface area contributed by atoms with Gasteiger partial charge in [0.2, 0.25) is 0 Å². The highest BCUT2D eigenvalue weighted by molar-refractivity contribution is 6.31. The molecule has 1 aliphatic rings. The molecule has 0 saturated heterocycles. The molecule has 0 heterocycles. The van der Waals surface area contributed by atoms with Crippen LogP contribution < -0.4 is 10.5 Å². The zero-order chi connectivity index (χ0) is 13.0. The molecular weight excluding hydrogens is 246 g/mol. The Bertz CT molecular complexity index is 394. The lowest BCUT2D eigenvalue weighted by molar-refractivity contribution is 0.0969. The third kappa shape index (κ3) is 3.18. The number of benzene rings is 1. The van der Waals surface area contributed by atoms with E-state index in [1.807, 2.05) is 12.1 Å². The molecule has 1 aromatic carbocycles. The van der Waals surface area contributed by atoms with E-state index in [-0.39, 0.29) is 6.10 Å². The molecule has 0 amide bonds. The van der Waals surface area contributed by atoms with Crippen LogP contribution in [0.2, 0.25) is 5.02 Å². The summed E-state index contributed by atoms with van der Waals surface area (Å²) in [5.74, 6) is 1.43. The van der Waals surface area contributed by atoms with E-state index in [4.69, 9.17) is 22.1 Å². The van der Waals surface area contributed by atoms with Crippen LogP contribution in [0.3, 0.4) is 0 Å². The molecule has 1 saturated carbocycles. The van der Waals surface area contributed by atoms with Crippen LogP contribution in [0.4, 0.5) is 0 Å². The molecule has 0 radical (unpaired) electrons. The molecule has 1 fully saturated rings. The molecule has 2 N–H and O–H groups in total. The lowest BCUT2D eigenvalue weighted by atomic mass is 9.86. The van der Waals surface area contributed by atoms with Crippen LogP contribution in [0.15, 0.2) is 18.2 Å². The maximum absolute atomic E-state index is 6.12. The third-order valence-electron chi connectivity index (χ3n) is 3.83. The van der Waals surface area contributed by atoms with Crippen molar-refractivity contribution < 1.29 is 4.74 Å². The summed E-state index contributed by atoms with van der Waals surface area (Å²) in [6.07, 6.45) is 6.04. The first kappa shape index (κ1) is 13.7. The van der Waals surface area contributed by atoms with Gasteiger partial charge in [0.1, 0.15) is 11.9 Å². The first-order chi connectivity index (χ1) is 8.74. The Hall–Kier alpha value is -0.730. The Balaban J connectivity index is 2.07. The van der Waals surface area contributed by atoms with Gasteiger partial charge in [-0.3, -0.25) is 0 Å². The highest BCUT2D eigenvalue weighted by Gasteiger charge is 2.25. The van der Waals surface area contributed by atoms with Gasteiger partial charge in [-0.05, 0) is 56.0 Å². The van der Waals surface area contributed by atoms with E-state index >= 15 is 0 Å². The highest BCUT2D eigenvalue weighted by Crippen LogP contribution is 2.29. The molecule has 100 valence electrons. The Morgan fingerprint density at radius 1 is 1.33 bits per heavy atom. The number of rotatable bonds is 4. The van der Waals surface area contributed by atoms with Gasteiger partial charge in [0, 0.05) is 10.9 Å². The molecule has 1 aromatic rings. The highest BCUT2D eigenvalue weighted by atomic mass is 35.5. The maximum atomic E-state index is 6.12. The normalized spacial score (nSPS) is 23.9. The fraction of sp³-hybridized carbons (Fsp3) is 0.600. The van der Waals surface area contributed by atoms with Crippen molar-refractivity contribution in [1.82, 2.24) is 0 Å². The second-order valence-electron chi connectivity index (χ2n) is 5.04. The van der Waals surface area contributed by atoms with Crippen LogP contribution >= 0.6 is 11.6 Å². The van der Waals surface area contributed by atoms with Gasteiger partial charge < -0.3 is 10.5 Å². The summed E-state index contributed by atoms with van der Waals surface area (Å²) in [6, 6.07) is 5.95. The van der Waals surface area contributed by atoms with Crippen molar-refractivity contribution in [2.75, 3.05) is 6.54 Å². The van der Waals surface area contributed by atoms with Crippen LogP contribution in [0, 0.1) is 5.92 Å². The van der Waals surface area contributed by atoms with Crippen molar-refractivity contribution in [3.63, 3.8) is 0 Å². The molecule has 1 aliphatic carbocycles. The number of nitrogens with two attached hydrogens (primary N) is 1. The third-order valence-corrected chi connectivity index (χ3v) is 4.20. The Morgan fingerprint density at radius 2 is 2.11 bits per heavy atom. The zero-order valence-electron chi connectivity index (χ0n) is 11.0. The summed E-state index contributed by atoms with van der Waals surface area (Å²) in [5.41, 5.74) is 6.97. The maximum Gasteiger partial charge on any atom is 0.120 e. The van der Waals surface area contributed by atoms with Crippen LogP contribution in [-0.2, 0) is 6.42 Å². The molecule has 2 rings (SSSR count). The molecule has 0 aliphatic heterocycles. The molecule has 2 nitrogen and oxygen atoms in total. The van der Waals surface area contributed by atoms with E-state index in [1.165, 1.54) is 19.3 Å². The lowest BCUT2D eigenvalue weighted by Crippen LogP contribution is -2.35. The van der Waals surface area contributed by atoms with Gasteiger partial charge in [0.05, 0.1) is 0 Å². The summed E-state index contributed by atoms with van der Waals surface area (Å²) < 4.78 is 6.12. The average molecular weight is 268 g/mol. The summed E-state index contributed by atoms with van der Waals surface area (Å²) in [7, 11) is 0. The second-order valence-corrected chi connectivity index (χ2v) is 5.45. The molecular formula is C15H22ClNO. The minimum absolute atomic E-state index is 0.273. The smallest absolute Gasteiger partial charge is 0.120 e. The summed E-state index contributed by atoms with van der Waals surface area (Å²) in [5, 5.41) is 0.823. The van der Waals surface area contributed by atoms with E-state index in [0.29, 0.717) is 5.92 Å². The molecule has 0 spiro atoms. The zero-order valence-corrected chi connectivity index (χ0v) is 11.7. The predicted octanol–water partition coefficient (Wildman–Crippen LogP) is 3.80. The van der Waals surface area contributed by atoms with Crippen molar-refractivity contribution in [3.8, 4) is 5.75 Å². The van der Waals surface area contributed by atoms with E-state index in [9.17, 15) is 0 Å². The fourth-order valence-corrected chi connectivity index (χ4v) is 2.92. The second kappa shape index (κ2) is 6.44. The number of hydrogen-bond donors (Lipinski definition) is 1. The van der Waals surface area contributed by atoms with Gasteiger partial charge in [-0.2, -0.15) is 0 Å². The largest absolute Gasteiger partial charge is 0.490 e. The van der Waals surface area contributed by atoms with E-state index < -0.39 is 0 Å². The summed E-state index contributed by atoms with van der Waals surface area (Å²) in [6.45, 7) is 2.83. The quantitative estimate of drug-likeness (QED) is 0.901. The lowest BCUT2D eigenvalue weighted by Gasteiger charge is -2.31. The van der Waals surface area contributed by atoms with Gasteiger partial charge in [0.15, 0.2) is 0 Å². The fourth-order valence-electron chi connectivity index (χ4n) is 2.67. The molecule has 2 atom stereocenters. The standard InChI is InChI=1S/C15H22ClNO/c1-2-11-9-13(7-8-14(11)16)18-15-6-4-3-5-12(15)10-17/h7-9,12,15H,2-6,10,17H2,1H3. The molecule has 0 aromatic heterocycles. The predicted molar refractivity (Wildman–Crippen MR) is 76.3 cm³/mol. The van der Waals surface area contributed by atoms with E-state index in [0.717, 1.165) is 35.7 Å². The molecule has 18 heavy (non-hydrogen) atoms. The van der Waals surface area contributed by atoms with Crippen LogP contribution in [0.25, 0.3) is 0 Å². The Labute approximate surface area is 114 Å². The Kier molecular flexibility index (Phi) is 4.90. The van der Waals surface area contributed by atoms with Crippen LogP contribution in [-0.4, -0.2) is 12.6 Å². The van der Waals surface area contributed by atoms with Gasteiger partial charge in [-0.1, -0.05) is 24.9 Å². The molecule has 3 heteroatoms. The van der Waals surface area contributed by atoms with Crippen LogP contribution in [0.5, 0.6) is 5.75 Å². The van der Waals surface area contributed by atoms with Gasteiger partial charge >= 0.3 is 0 Å². The van der Waals surface area contributed by atoms with Crippen molar-refractivity contribution >= 4 is 11.6 Å². The van der Waals surface area contributed by atoms with Crippen LogP contribution in [0.1, 0.15) is 38.2 Å². The average Bonchev–Trinajstić information content (AvgIpc) is 2.41. The van der Waals surface area contributed by atoms with Crippen molar-refractivity contribution in [3.05, 3.63) is 28.8 Å².